The van der Waals surface area contributed by atoms with Crippen LogP contribution in [0.15, 0.2) is 12.4 Å². The number of hydrogen-bond donors (Lipinski definition) is 1. The number of nitrogens with zero attached hydrogens (tertiary/aromatic N) is 3. The van der Waals surface area contributed by atoms with Gasteiger partial charge in [-0.1, -0.05) is 0 Å². The number of nitrogens with two attached hydrogens (primary N) is 1. The number of amides is 1. The lowest BCUT2D eigenvalue weighted by atomic mass is 10.2. The Hall–Kier alpha value is -0.960. The second-order valence-electron chi connectivity index (χ2n) is 4.78. The number of rotatable bonds is 5. The van der Waals surface area contributed by atoms with Crippen molar-refractivity contribution in [3.8, 4) is 0 Å². The number of alkyl halides is 2. The highest BCUT2D eigenvalue weighted by molar-refractivity contribution is 5.85. The highest BCUT2D eigenvalue weighted by Gasteiger charge is 2.32. The van der Waals surface area contributed by atoms with E-state index < -0.39 is 12.7 Å². The van der Waals surface area contributed by atoms with Gasteiger partial charge in [-0.15, -0.1) is 24.8 Å². The Bertz CT molecular complexity index is 476. The van der Waals surface area contributed by atoms with Crippen LogP contribution in [0.4, 0.5) is 8.78 Å². The summed E-state index contributed by atoms with van der Waals surface area (Å²) in [6.45, 7) is -2.27. The third kappa shape index (κ3) is 4.77. The largest absolute Gasteiger partial charge is 0.364 e. The molecular formula is C12H20Cl2F2N4O2. The average Bonchev–Trinajstić information content (AvgIpc) is 3.06. The van der Waals surface area contributed by atoms with Crippen LogP contribution in [0.2, 0.25) is 0 Å². The molecule has 1 amide bonds. The Kier molecular flexibility index (Phi) is 8.84. The summed E-state index contributed by atoms with van der Waals surface area (Å²) in [6.07, 6.45) is 3.19. The van der Waals surface area contributed by atoms with Crippen molar-refractivity contribution in [2.45, 2.75) is 38.1 Å². The molecule has 2 rings (SSSR count). The van der Waals surface area contributed by atoms with Crippen molar-refractivity contribution in [3.05, 3.63) is 18.2 Å². The normalized spacial score (nSPS) is 20.4. The van der Waals surface area contributed by atoms with Crippen molar-refractivity contribution < 1.29 is 18.3 Å². The molecule has 0 radical (unpaired) electrons. The number of halogens is 4. The monoisotopic (exact) mass is 360 g/mol. The minimum atomic E-state index is -2.67. The van der Waals surface area contributed by atoms with Crippen molar-refractivity contribution in [1.29, 1.82) is 0 Å². The van der Waals surface area contributed by atoms with Gasteiger partial charge in [0.05, 0.1) is 12.6 Å². The van der Waals surface area contributed by atoms with Gasteiger partial charge in [-0.3, -0.25) is 9.36 Å². The summed E-state index contributed by atoms with van der Waals surface area (Å²) in [5, 5.41) is 0. The molecular weight excluding hydrogens is 341 g/mol. The summed E-state index contributed by atoms with van der Waals surface area (Å²) in [6, 6.07) is 0. The van der Waals surface area contributed by atoms with Gasteiger partial charge in [0.2, 0.25) is 0 Å². The third-order valence-electron chi connectivity index (χ3n) is 3.36. The molecule has 10 heteroatoms. The number of imidazole rings is 1. The molecule has 1 saturated heterocycles. The standard InChI is InChI=1S/C12H18F2N4O2.2ClH/c1-17(7-10-16-4-5-18(10)12(13)14)11(19)9-3-2-8(6-15)20-9;;/h4-5,8-9,12H,2-3,6-7,15H2,1H3;2*1H/t8-,9+;;/m1../s1. The smallest absolute Gasteiger partial charge is 0.319 e. The van der Waals surface area contributed by atoms with Gasteiger partial charge in [-0.2, -0.15) is 8.78 Å². The first kappa shape index (κ1) is 21.0. The maximum atomic E-state index is 12.7. The van der Waals surface area contributed by atoms with Gasteiger partial charge < -0.3 is 15.4 Å². The fraction of sp³-hybridized carbons (Fsp3) is 0.667. The number of hydrogen-bond acceptors (Lipinski definition) is 4. The van der Waals surface area contributed by atoms with Crippen LogP contribution in [0, 0.1) is 0 Å². The molecule has 0 spiro atoms. The zero-order chi connectivity index (χ0) is 14.7. The number of likely N-dealkylation sites (N-methyl/N-ethyl adjacent to an activating group) is 1. The topological polar surface area (TPSA) is 73.4 Å². The average molecular weight is 361 g/mol. The van der Waals surface area contributed by atoms with Crippen LogP contribution < -0.4 is 5.73 Å². The van der Waals surface area contributed by atoms with E-state index in [1.54, 1.807) is 7.05 Å². The number of ether oxygens (including phenoxy) is 1. The van der Waals surface area contributed by atoms with Crippen LogP contribution in [0.3, 0.4) is 0 Å². The molecule has 1 aliphatic rings. The highest BCUT2D eigenvalue weighted by Crippen LogP contribution is 2.21. The molecule has 2 N–H and O–H groups in total. The summed E-state index contributed by atoms with van der Waals surface area (Å²) in [5.41, 5.74) is 5.49. The zero-order valence-electron chi connectivity index (χ0n) is 12.0. The van der Waals surface area contributed by atoms with Crippen molar-refractivity contribution in [2.24, 2.45) is 5.73 Å². The first-order valence-corrected chi connectivity index (χ1v) is 6.43. The highest BCUT2D eigenvalue weighted by atomic mass is 35.5. The van der Waals surface area contributed by atoms with Crippen molar-refractivity contribution in [1.82, 2.24) is 14.5 Å². The Labute approximate surface area is 139 Å². The lowest BCUT2D eigenvalue weighted by molar-refractivity contribution is -0.142. The summed E-state index contributed by atoms with van der Waals surface area (Å²) < 4.78 is 31.6. The molecule has 22 heavy (non-hydrogen) atoms. The third-order valence-corrected chi connectivity index (χ3v) is 3.36. The van der Waals surface area contributed by atoms with Crippen molar-refractivity contribution in [2.75, 3.05) is 13.6 Å². The van der Waals surface area contributed by atoms with Gasteiger partial charge in [-0.25, -0.2) is 4.98 Å². The Morgan fingerprint density at radius 2 is 2.23 bits per heavy atom. The summed E-state index contributed by atoms with van der Waals surface area (Å²) in [4.78, 5) is 17.3. The first-order valence-electron chi connectivity index (χ1n) is 6.43. The summed E-state index contributed by atoms with van der Waals surface area (Å²) in [5.74, 6) is -0.0889. The van der Waals surface area contributed by atoms with Crippen molar-refractivity contribution >= 4 is 30.7 Å². The second-order valence-corrected chi connectivity index (χ2v) is 4.78. The van der Waals surface area contributed by atoms with Crippen LogP contribution in [-0.2, 0) is 16.1 Å². The quantitative estimate of drug-likeness (QED) is 0.865. The van der Waals surface area contributed by atoms with E-state index in [2.05, 4.69) is 4.98 Å². The fourth-order valence-electron chi connectivity index (χ4n) is 2.24. The molecule has 6 nitrogen and oxygen atoms in total. The van der Waals surface area contributed by atoms with Crippen LogP contribution in [0.5, 0.6) is 0 Å². The summed E-state index contributed by atoms with van der Waals surface area (Å²) in [7, 11) is 1.55. The summed E-state index contributed by atoms with van der Waals surface area (Å²) >= 11 is 0. The van der Waals surface area contributed by atoms with Crippen LogP contribution >= 0.6 is 24.8 Å². The maximum Gasteiger partial charge on any atom is 0.319 e. The van der Waals surface area contributed by atoms with E-state index in [1.165, 1.54) is 17.3 Å². The lowest BCUT2D eigenvalue weighted by Gasteiger charge is -2.21. The zero-order valence-corrected chi connectivity index (χ0v) is 13.7. The molecule has 0 unspecified atom stereocenters. The molecule has 1 aromatic rings. The van der Waals surface area contributed by atoms with Gasteiger partial charge >= 0.3 is 6.55 Å². The molecule has 128 valence electrons. The fourth-order valence-corrected chi connectivity index (χ4v) is 2.24. The molecule has 1 aliphatic heterocycles. The van der Waals surface area contributed by atoms with Crippen LogP contribution in [0.1, 0.15) is 25.2 Å². The molecule has 2 heterocycles. The predicted octanol–water partition coefficient (Wildman–Crippen LogP) is 1.59. The van der Waals surface area contributed by atoms with E-state index in [9.17, 15) is 13.6 Å². The van der Waals surface area contributed by atoms with Gasteiger partial charge in [0, 0.05) is 26.0 Å². The minimum Gasteiger partial charge on any atom is -0.364 e. The maximum absolute atomic E-state index is 12.7. The lowest BCUT2D eigenvalue weighted by Crippen LogP contribution is -2.37. The molecule has 2 atom stereocenters. The number of carbonyl (C=O) groups excluding carboxylic acids is 1. The van der Waals surface area contributed by atoms with Crippen LogP contribution in [-0.4, -0.2) is 46.2 Å². The van der Waals surface area contributed by atoms with E-state index in [0.717, 1.165) is 11.0 Å². The van der Waals surface area contributed by atoms with Crippen LogP contribution in [0.25, 0.3) is 0 Å². The minimum absolute atomic E-state index is 0. The van der Waals surface area contributed by atoms with Gasteiger partial charge in [0.1, 0.15) is 11.9 Å². The van der Waals surface area contributed by atoms with E-state index in [0.29, 0.717) is 13.0 Å². The molecule has 1 fully saturated rings. The van der Waals surface area contributed by atoms with Crippen molar-refractivity contribution in [3.63, 3.8) is 0 Å². The molecule has 0 aliphatic carbocycles. The van der Waals surface area contributed by atoms with E-state index in [1.807, 2.05) is 0 Å². The molecule has 0 saturated carbocycles. The Balaban J connectivity index is 0.00000220. The SMILES string of the molecule is CN(Cc1nccn1C(F)F)C(=O)[C@@H]1CC[C@H](CN)O1.Cl.Cl. The van der Waals surface area contributed by atoms with E-state index in [-0.39, 0.29) is 49.2 Å². The Morgan fingerprint density at radius 1 is 1.55 bits per heavy atom. The van der Waals surface area contributed by atoms with E-state index in [4.69, 9.17) is 10.5 Å². The molecule has 0 aromatic carbocycles. The number of aromatic nitrogens is 2. The van der Waals surface area contributed by atoms with E-state index >= 15 is 0 Å². The van der Waals surface area contributed by atoms with Gasteiger partial charge in [-0.05, 0) is 12.8 Å². The predicted molar refractivity (Wildman–Crippen MR) is 81.4 cm³/mol. The second kappa shape index (κ2) is 9.24. The molecule has 1 aromatic heterocycles. The number of carbonyl (C=O) groups is 1. The van der Waals surface area contributed by atoms with Gasteiger partial charge in [0.25, 0.3) is 5.91 Å². The molecule has 0 bridgehead atoms. The first-order chi connectivity index (χ1) is 9.52. The Morgan fingerprint density at radius 3 is 2.77 bits per heavy atom. The van der Waals surface area contributed by atoms with Gasteiger partial charge in [0.15, 0.2) is 0 Å².